The van der Waals surface area contributed by atoms with Gasteiger partial charge in [0, 0.05) is 6.04 Å². The first-order valence-electron chi connectivity index (χ1n) is 5.53. The van der Waals surface area contributed by atoms with E-state index in [2.05, 4.69) is 13.0 Å². The van der Waals surface area contributed by atoms with Gasteiger partial charge in [-0.1, -0.05) is 38.3 Å². The number of hydrogen-bond acceptors (Lipinski definition) is 2. The summed E-state index contributed by atoms with van der Waals surface area (Å²) in [7, 11) is 0. The number of nitrogens with zero attached hydrogens (tertiary/aromatic N) is 1. The minimum absolute atomic E-state index is 0.115. The highest BCUT2D eigenvalue weighted by Gasteiger charge is 2.04. The van der Waals surface area contributed by atoms with Crippen LogP contribution < -0.4 is 5.73 Å². The number of unbranched alkanes of at least 4 members (excludes halogenated alkanes) is 2. The van der Waals surface area contributed by atoms with E-state index >= 15 is 0 Å². The zero-order valence-electron chi connectivity index (χ0n) is 9.24. The van der Waals surface area contributed by atoms with Crippen molar-refractivity contribution in [2.24, 2.45) is 5.73 Å². The summed E-state index contributed by atoms with van der Waals surface area (Å²) in [5.41, 5.74) is 7.87. The Morgan fingerprint density at radius 2 is 1.93 bits per heavy atom. The van der Waals surface area contributed by atoms with Crippen molar-refractivity contribution in [3.63, 3.8) is 0 Å². The molecule has 15 heavy (non-hydrogen) atoms. The van der Waals surface area contributed by atoms with Crippen molar-refractivity contribution in [1.29, 1.82) is 5.26 Å². The molecule has 0 aliphatic heterocycles. The van der Waals surface area contributed by atoms with Gasteiger partial charge in [0.1, 0.15) is 0 Å². The summed E-state index contributed by atoms with van der Waals surface area (Å²) >= 11 is 0. The predicted octanol–water partition coefficient (Wildman–Crippen LogP) is 3.14. The number of nitrogens with two attached hydrogens (primary N) is 1. The van der Waals surface area contributed by atoms with Crippen LogP contribution in [0.2, 0.25) is 0 Å². The van der Waals surface area contributed by atoms with Crippen LogP contribution in [0.5, 0.6) is 0 Å². The van der Waals surface area contributed by atoms with Crippen LogP contribution in [0.25, 0.3) is 0 Å². The molecular formula is C13H18N2. The second kappa shape index (κ2) is 6.21. The zero-order valence-corrected chi connectivity index (χ0v) is 9.24. The lowest BCUT2D eigenvalue weighted by Crippen LogP contribution is -2.09. The third-order valence-corrected chi connectivity index (χ3v) is 2.59. The van der Waals surface area contributed by atoms with E-state index in [0.717, 1.165) is 12.0 Å². The Labute approximate surface area is 91.7 Å². The molecule has 0 fully saturated rings. The molecule has 0 spiro atoms. The van der Waals surface area contributed by atoms with E-state index in [-0.39, 0.29) is 6.04 Å². The number of hydrogen-bond donors (Lipinski definition) is 1. The van der Waals surface area contributed by atoms with E-state index in [0.29, 0.717) is 5.56 Å². The fraction of sp³-hybridized carbons (Fsp3) is 0.462. The number of nitriles is 1. The summed E-state index contributed by atoms with van der Waals surface area (Å²) in [4.78, 5) is 0. The predicted molar refractivity (Wildman–Crippen MR) is 62.2 cm³/mol. The Kier molecular flexibility index (Phi) is 4.86. The summed E-state index contributed by atoms with van der Waals surface area (Å²) in [6, 6.07) is 9.78. The molecule has 0 bridgehead atoms. The average molecular weight is 202 g/mol. The average Bonchev–Trinajstić information content (AvgIpc) is 2.29. The van der Waals surface area contributed by atoms with Gasteiger partial charge in [0.15, 0.2) is 0 Å². The van der Waals surface area contributed by atoms with Gasteiger partial charge in [-0.15, -0.1) is 0 Å². The van der Waals surface area contributed by atoms with Gasteiger partial charge in [-0.2, -0.15) is 5.26 Å². The number of benzene rings is 1. The van der Waals surface area contributed by atoms with Crippen molar-refractivity contribution >= 4 is 0 Å². The van der Waals surface area contributed by atoms with Crippen LogP contribution in [0, 0.1) is 11.3 Å². The topological polar surface area (TPSA) is 49.8 Å². The maximum Gasteiger partial charge on any atom is 0.0991 e. The molecule has 2 nitrogen and oxygen atoms in total. The van der Waals surface area contributed by atoms with E-state index in [1.165, 1.54) is 19.3 Å². The van der Waals surface area contributed by atoms with Crippen molar-refractivity contribution < 1.29 is 0 Å². The summed E-state index contributed by atoms with van der Waals surface area (Å²) in [5.74, 6) is 0. The van der Waals surface area contributed by atoms with Crippen molar-refractivity contribution in [3.05, 3.63) is 35.4 Å². The molecule has 1 aromatic carbocycles. The molecule has 1 aromatic rings. The molecule has 0 saturated heterocycles. The van der Waals surface area contributed by atoms with Crippen LogP contribution in [0.4, 0.5) is 0 Å². The lowest BCUT2D eigenvalue weighted by molar-refractivity contribution is 0.581. The Morgan fingerprint density at radius 1 is 1.27 bits per heavy atom. The molecule has 0 aliphatic rings. The van der Waals surface area contributed by atoms with E-state index < -0.39 is 0 Å². The zero-order chi connectivity index (χ0) is 11.1. The molecule has 0 saturated carbocycles. The largest absolute Gasteiger partial charge is 0.324 e. The minimum Gasteiger partial charge on any atom is -0.324 e. The summed E-state index contributed by atoms with van der Waals surface area (Å²) in [5, 5.41) is 8.66. The van der Waals surface area contributed by atoms with Crippen LogP contribution in [-0.2, 0) is 0 Å². The molecule has 0 unspecified atom stereocenters. The summed E-state index contributed by atoms with van der Waals surface area (Å²) in [6.07, 6.45) is 4.67. The maximum atomic E-state index is 8.66. The molecule has 0 aliphatic carbocycles. The highest BCUT2D eigenvalue weighted by Crippen LogP contribution is 2.17. The normalized spacial score (nSPS) is 12.1. The van der Waals surface area contributed by atoms with Crippen molar-refractivity contribution in [2.75, 3.05) is 0 Å². The highest BCUT2D eigenvalue weighted by atomic mass is 14.6. The lowest BCUT2D eigenvalue weighted by Gasteiger charge is -2.11. The molecule has 0 aromatic heterocycles. The van der Waals surface area contributed by atoms with Crippen molar-refractivity contribution in [1.82, 2.24) is 0 Å². The molecule has 1 atom stereocenters. The van der Waals surface area contributed by atoms with E-state index in [1.807, 2.05) is 24.3 Å². The monoisotopic (exact) mass is 202 g/mol. The Morgan fingerprint density at radius 3 is 2.47 bits per heavy atom. The van der Waals surface area contributed by atoms with Crippen molar-refractivity contribution in [3.8, 4) is 6.07 Å². The van der Waals surface area contributed by atoms with Gasteiger partial charge in [0.25, 0.3) is 0 Å². The molecule has 80 valence electrons. The standard InChI is InChI=1S/C13H18N2/c1-2-3-4-5-13(15)12-8-6-11(10-14)7-9-12/h6-9,13H,2-5,15H2,1H3/t13-/m1/s1. The quantitative estimate of drug-likeness (QED) is 0.746. The Bertz CT molecular complexity index is 321. The van der Waals surface area contributed by atoms with Crippen LogP contribution >= 0.6 is 0 Å². The molecule has 0 amide bonds. The molecule has 2 heteroatoms. The Hall–Kier alpha value is -1.33. The highest BCUT2D eigenvalue weighted by molar-refractivity contribution is 5.32. The minimum atomic E-state index is 0.115. The van der Waals surface area contributed by atoms with Gasteiger partial charge in [0.05, 0.1) is 11.6 Å². The summed E-state index contributed by atoms with van der Waals surface area (Å²) < 4.78 is 0. The molecule has 2 N–H and O–H groups in total. The maximum absolute atomic E-state index is 8.66. The van der Waals surface area contributed by atoms with Crippen LogP contribution in [-0.4, -0.2) is 0 Å². The molecule has 1 rings (SSSR count). The van der Waals surface area contributed by atoms with Gasteiger partial charge in [0.2, 0.25) is 0 Å². The van der Waals surface area contributed by atoms with Gasteiger partial charge >= 0.3 is 0 Å². The van der Waals surface area contributed by atoms with Gasteiger partial charge in [-0.3, -0.25) is 0 Å². The second-order valence-corrected chi connectivity index (χ2v) is 3.84. The smallest absolute Gasteiger partial charge is 0.0991 e. The molecule has 0 radical (unpaired) electrons. The number of rotatable bonds is 5. The van der Waals surface area contributed by atoms with E-state index in [4.69, 9.17) is 11.0 Å². The SMILES string of the molecule is CCCCC[C@@H](N)c1ccc(C#N)cc1. The molecular weight excluding hydrogens is 184 g/mol. The van der Waals surface area contributed by atoms with Crippen molar-refractivity contribution in [2.45, 2.75) is 38.6 Å². The third-order valence-electron chi connectivity index (χ3n) is 2.59. The fourth-order valence-electron chi connectivity index (χ4n) is 1.59. The van der Waals surface area contributed by atoms with Crippen LogP contribution in [0.15, 0.2) is 24.3 Å². The second-order valence-electron chi connectivity index (χ2n) is 3.84. The Balaban J connectivity index is 2.51. The van der Waals surface area contributed by atoms with Crippen LogP contribution in [0.1, 0.15) is 49.8 Å². The first-order chi connectivity index (χ1) is 7.27. The van der Waals surface area contributed by atoms with Gasteiger partial charge in [-0.05, 0) is 24.1 Å². The summed E-state index contributed by atoms with van der Waals surface area (Å²) in [6.45, 7) is 2.19. The fourth-order valence-corrected chi connectivity index (χ4v) is 1.59. The molecule has 0 heterocycles. The van der Waals surface area contributed by atoms with Crippen LogP contribution in [0.3, 0.4) is 0 Å². The first-order valence-corrected chi connectivity index (χ1v) is 5.53. The third kappa shape index (κ3) is 3.73. The van der Waals surface area contributed by atoms with Gasteiger partial charge < -0.3 is 5.73 Å². The lowest BCUT2D eigenvalue weighted by atomic mass is 10.0. The van der Waals surface area contributed by atoms with Gasteiger partial charge in [-0.25, -0.2) is 0 Å². The first kappa shape index (κ1) is 11.7. The van der Waals surface area contributed by atoms with E-state index in [9.17, 15) is 0 Å². The van der Waals surface area contributed by atoms with E-state index in [1.54, 1.807) is 0 Å².